The lowest BCUT2D eigenvalue weighted by Gasteiger charge is -2.08. The maximum Gasteiger partial charge on any atom is 0.411 e. The van der Waals surface area contributed by atoms with E-state index in [9.17, 15) is 14.4 Å². The Morgan fingerprint density at radius 1 is 1.06 bits per heavy atom. The summed E-state index contributed by atoms with van der Waals surface area (Å²) in [7, 11) is 0. The molecular weight excluding hydrogens is 446 g/mol. The summed E-state index contributed by atoms with van der Waals surface area (Å²) in [5.74, 6) is -0.0292. The van der Waals surface area contributed by atoms with Gasteiger partial charge in [0.1, 0.15) is 0 Å². The molecule has 1 aromatic heterocycles. The molecule has 0 aliphatic carbocycles. The van der Waals surface area contributed by atoms with E-state index in [0.29, 0.717) is 37.5 Å². The third-order valence-electron chi connectivity index (χ3n) is 4.76. The first-order valence-electron chi connectivity index (χ1n) is 11.4. The predicted molar refractivity (Wildman–Crippen MR) is 137 cm³/mol. The van der Waals surface area contributed by atoms with E-state index in [1.54, 1.807) is 31.2 Å². The molecule has 3 rings (SSSR count). The lowest BCUT2D eigenvalue weighted by atomic mass is 10.1. The number of benzene rings is 2. The molecular formula is C26H33N5O4. The lowest BCUT2D eigenvalue weighted by molar-refractivity contribution is 0.0953. The van der Waals surface area contributed by atoms with Crippen LogP contribution < -0.4 is 21.9 Å². The number of carbonyl (C=O) groups is 2. The van der Waals surface area contributed by atoms with Gasteiger partial charge in [-0.1, -0.05) is 29.8 Å². The molecule has 3 aromatic rings. The van der Waals surface area contributed by atoms with Crippen molar-refractivity contribution in [3.63, 3.8) is 0 Å². The molecule has 2 aromatic carbocycles. The van der Waals surface area contributed by atoms with Gasteiger partial charge in [-0.25, -0.2) is 9.48 Å². The van der Waals surface area contributed by atoms with Gasteiger partial charge in [-0.3, -0.25) is 14.9 Å². The first-order valence-corrected chi connectivity index (χ1v) is 11.4. The lowest BCUT2D eigenvalue weighted by Crippen LogP contribution is -2.25. The van der Waals surface area contributed by atoms with E-state index in [0.717, 1.165) is 23.2 Å². The topological polar surface area (TPSA) is 128 Å². The van der Waals surface area contributed by atoms with Crippen molar-refractivity contribution in [1.82, 2.24) is 15.1 Å². The number of carbonyl (C=O) groups excluding carboxylic acids is 2. The molecule has 0 spiro atoms. The van der Waals surface area contributed by atoms with Crippen molar-refractivity contribution >= 4 is 17.7 Å². The molecule has 1 heterocycles. The summed E-state index contributed by atoms with van der Waals surface area (Å²) in [5, 5.41) is 9.61. The molecule has 0 aliphatic heterocycles. The highest BCUT2D eigenvalue weighted by atomic mass is 16.5. The normalized spacial score (nSPS) is 10.1. The van der Waals surface area contributed by atoms with E-state index in [4.69, 9.17) is 10.5 Å². The van der Waals surface area contributed by atoms with Gasteiger partial charge < -0.3 is 15.8 Å². The summed E-state index contributed by atoms with van der Waals surface area (Å²) in [4.78, 5) is 34.6. The number of ether oxygens (including phenoxy) is 1. The van der Waals surface area contributed by atoms with Crippen molar-refractivity contribution in [3.8, 4) is 0 Å². The number of rotatable bonds is 8. The van der Waals surface area contributed by atoms with Gasteiger partial charge in [0.05, 0.1) is 18.8 Å². The van der Waals surface area contributed by atoms with Crippen molar-refractivity contribution in [2.24, 2.45) is 5.73 Å². The van der Waals surface area contributed by atoms with Crippen molar-refractivity contribution < 1.29 is 14.3 Å². The molecule has 4 N–H and O–H groups in total. The summed E-state index contributed by atoms with van der Waals surface area (Å²) in [5.41, 5.74) is 9.27. The average Bonchev–Trinajstić information content (AvgIpc) is 2.83. The van der Waals surface area contributed by atoms with Crippen LogP contribution in [0.5, 0.6) is 0 Å². The van der Waals surface area contributed by atoms with E-state index < -0.39 is 6.09 Å². The van der Waals surface area contributed by atoms with Gasteiger partial charge in [0, 0.05) is 23.9 Å². The number of hydrogen-bond donors (Lipinski definition) is 3. The Labute approximate surface area is 205 Å². The summed E-state index contributed by atoms with van der Waals surface area (Å²) in [6, 6.07) is 17.9. The van der Waals surface area contributed by atoms with Crippen molar-refractivity contribution in [2.45, 2.75) is 33.7 Å². The minimum Gasteiger partial charge on any atom is -0.450 e. The molecule has 0 saturated carbocycles. The number of amides is 2. The largest absolute Gasteiger partial charge is 0.450 e. The van der Waals surface area contributed by atoms with Crippen LogP contribution in [0, 0.1) is 13.8 Å². The summed E-state index contributed by atoms with van der Waals surface area (Å²) in [6.45, 7) is 7.47. The van der Waals surface area contributed by atoms with Crippen molar-refractivity contribution in [2.75, 3.05) is 25.0 Å². The molecule has 9 nitrogen and oxygen atoms in total. The second-order valence-electron chi connectivity index (χ2n) is 7.78. The number of aryl methyl sites for hydroxylation is 2. The van der Waals surface area contributed by atoms with Crippen molar-refractivity contribution in [3.05, 3.63) is 93.4 Å². The summed E-state index contributed by atoms with van der Waals surface area (Å²) < 4.78 is 6.21. The molecule has 186 valence electrons. The smallest absolute Gasteiger partial charge is 0.411 e. The number of anilines is 1. The molecule has 0 fully saturated rings. The molecule has 0 bridgehead atoms. The van der Waals surface area contributed by atoms with Crippen molar-refractivity contribution in [1.29, 1.82) is 0 Å². The van der Waals surface area contributed by atoms with E-state index in [1.165, 1.54) is 10.7 Å². The first kappa shape index (κ1) is 27.3. The molecule has 0 aliphatic rings. The minimum absolute atomic E-state index is 0.0292. The maximum atomic E-state index is 11.7. The van der Waals surface area contributed by atoms with E-state index >= 15 is 0 Å². The molecule has 9 heteroatoms. The van der Waals surface area contributed by atoms with Crippen LogP contribution in [0.15, 0.2) is 65.5 Å². The number of nitrogens with one attached hydrogen (secondary N) is 2. The Morgan fingerprint density at radius 3 is 2.49 bits per heavy atom. The highest BCUT2D eigenvalue weighted by Crippen LogP contribution is 2.11. The maximum absolute atomic E-state index is 11.7. The van der Waals surface area contributed by atoms with Gasteiger partial charge in [-0.05, 0) is 69.6 Å². The summed E-state index contributed by atoms with van der Waals surface area (Å²) in [6.07, 6.45) is 0.318. The van der Waals surface area contributed by atoms with Crippen LogP contribution in [-0.2, 0) is 11.3 Å². The second kappa shape index (κ2) is 14.3. The minimum atomic E-state index is -0.500. The third-order valence-corrected chi connectivity index (χ3v) is 4.76. The first-order chi connectivity index (χ1) is 16.8. The van der Waals surface area contributed by atoms with Crippen LogP contribution in [0.3, 0.4) is 0 Å². The van der Waals surface area contributed by atoms with Gasteiger partial charge in [-0.2, -0.15) is 5.10 Å². The Bertz CT molecular complexity index is 1160. The molecule has 0 radical (unpaired) electrons. The molecule has 0 unspecified atom stereocenters. The van der Waals surface area contributed by atoms with Crippen LogP contribution in [0.2, 0.25) is 0 Å². The van der Waals surface area contributed by atoms with Gasteiger partial charge in [0.15, 0.2) is 0 Å². The number of aromatic nitrogens is 2. The van der Waals surface area contributed by atoms with E-state index in [1.807, 2.05) is 44.2 Å². The van der Waals surface area contributed by atoms with Crippen LogP contribution >= 0.6 is 0 Å². The molecule has 0 atom stereocenters. The number of hydrogen-bond acceptors (Lipinski definition) is 6. The Balaban J connectivity index is 0.000000269. The van der Waals surface area contributed by atoms with Gasteiger partial charge >= 0.3 is 6.09 Å². The SMILES string of the molecule is CCOC(=O)Nc1cccc(Cn2nc(C)ccc2=O)c1.Cc1ccc(C(=O)NCCCN)cc1. The van der Waals surface area contributed by atoms with E-state index in [2.05, 4.69) is 15.7 Å². The zero-order valence-electron chi connectivity index (χ0n) is 20.4. The molecule has 0 saturated heterocycles. The fourth-order valence-electron chi connectivity index (χ4n) is 2.98. The fourth-order valence-corrected chi connectivity index (χ4v) is 2.98. The summed E-state index contributed by atoms with van der Waals surface area (Å²) >= 11 is 0. The number of nitrogens with zero attached hydrogens (tertiary/aromatic N) is 2. The van der Waals surface area contributed by atoms with Crippen LogP contribution in [-0.4, -0.2) is 41.5 Å². The number of nitrogens with two attached hydrogens (primary N) is 1. The highest BCUT2D eigenvalue weighted by molar-refractivity contribution is 5.94. The molecule has 2 amide bonds. The van der Waals surface area contributed by atoms with Crippen LogP contribution in [0.4, 0.5) is 10.5 Å². The Kier molecular flexibility index (Phi) is 11.2. The average molecular weight is 480 g/mol. The van der Waals surface area contributed by atoms with Gasteiger partial charge in [-0.15, -0.1) is 0 Å². The van der Waals surface area contributed by atoms with Gasteiger partial charge in [0.25, 0.3) is 11.5 Å². The van der Waals surface area contributed by atoms with E-state index in [-0.39, 0.29) is 11.5 Å². The fraction of sp³-hybridized carbons (Fsp3) is 0.308. The zero-order valence-corrected chi connectivity index (χ0v) is 20.4. The second-order valence-corrected chi connectivity index (χ2v) is 7.78. The monoisotopic (exact) mass is 479 g/mol. The Hall–Kier alpha value is -3.98. The third kappa shape index (κ3) is 9.81. The van der Waals surface area contributed by atoms with Crippen LogP contribution in [0.25, 0.3) is 0 Å². The quantitative estimate of drug-likeness (QED) is 0.426. The highest BCUT2D eigenvalue weighted by Gasteiger charge is 2.05. The molecule has 35 heavy (non-hydrogen) atoms. The standard InChI is InChI=1S/C15H17N3O3.C11H16N2O/c1-3-21-15(20)16-13-6-4-5-12(9-13)10-18-14(19)8-7-11(2)17-18;1-9-3-5-10(6-4-9)11(14)13-8-2-7-12/h4-9H,3,10H2,1-2H3,(H,16,20);3-6H,2,7-8,12H2,1H3,(H,13,14). The Morgan fingerprint density at radius 2 is 1.80 bits per heavy atom. The predicted octanol–water partition coefficient (Wildman–Crippen LogP) is 3.24. The van der Waals surface area contributed by atoms with Gasteiger partial charge in [0.2, 0.25) is 0 Å². The van der Waals surface area contributed by atoms with Crippen LogP contribution in [0.1, 0.15) is 40.5 Å². The zero-order chi connectivity index (χ0) is 25.6.